The van der Waals surface area contributed by atoms with E-state index in [0.29, 0.717) is 22.6 Å². The highest BCUT2D eigenvalue weighted by atomic mass is 35.5. The fourth-order valence-electron chi connectivity index (χ4n) is 3.29. The molecule has 162 valence electrons. The van der Waals surface area contributed by atoms with E-state index >= 15 is 0 Å². The molecule has 1 N–H and O–H groups in total. The maximum atomic E-state index is 13.3. The van der Waals surface area contributed by atoms with Crippen molar-refractivity contribution in [3.63, 3.8) is 0 Å². The number of halogens is 3. The Morgan fingerprint density at radius 3 is 2.50 bits per heavy atom. The van der Waals surface area contributed by atoms with Crippen LogP contribution in [-0.2, 0) is 17.8 Å². The van der Waals surface area contributed by atoms with Gasteiger partial charge in [0, 0.05) is 15.6 Å². The molecule has 8 heteroatoms. The number of carbonyl (C=O) groups is 2. The van der Waals surface area contributed by atoms with Gasteiger partial charge in [0.05, 0.1) is 11.4 Å². The zero-order valence-corrected chi connectivity index (χ0v) is 18.8. The van der Waals surface area contributed by atoms with Gasteiger partial charge >= 0.3 is 0 Å². The summed E-state index contributed by atoms with van der Waals surface area (Å²) < 4.78 is 13.3. The largest absolute Gasteiger partial charge is 0.507 e. The molecule has 0 spiro atoms. The Kier molecular flexibility index (Phi) is 6.55. The Morgan fingerprint density at radius 2 is 1.75 bits per heavy atom. The number of thioether (sulfide) groups is 1. The van der Waals surface area contributed by atoms with Crippen molar-refractivity contribution in [2.24, 2.45) is 0 Å². The molecule has 0 bridgehead atoms. The Bertz CT molecular complexity index is 1260. The number of hydrogen-bond donors (Lipinski definition) is 1. The molecule has 1 heterocycles. The number of hydrogen-bond acceptors (Lipinski definition) is 4. The van der Waals surface area contributed by atoms with Crippen molar-refractivity contribution in [3.8, 4) is 5.75 Å². The van der Waals surface area contributed by atoms with Gasteiger partial charge in [-0.2, -0.15) is 0 Å². The zero-order chi connectivity index (χ0) is 22.8. The summed E-state index contributed by atoms with van der Waals surface area (Å²) in [6, 6.07) is 16.3. The standard InChI is InChI=1S/C24H16Cl2FNO3S/c25-19-4-2-1-3-15(19)9-14-5-8-21(29)17(10-14)11-22-23(30)28(24(31)32-22)13-16-6-7-18(27)12-20(16)26/h1-8,10-12,29H,9,13H2/b22-11-. The van der Waals surface area contributed by atoms with Crippen LogP contribution < -0.4 is 0 Å². The number of nitrogens with zero attached hydrogens (tertiary/aromatic N) is 1. The lowest BCUT2D eigenvalue weighted by molar-refractivity contribution is -0.123. The topological polar surface area (TPSA) is 57.6 Å². The number of imide groups is 1. The first-order valence-electron chi connectivity index (χ1n) is 9.56. The predicted octanol–water partition coefficient (Wildman–Crippen LogP) is 6.67. The lowest BCUT2D eigenvalue weighted by Crippen LogP contribution is -2.27. The van der Waals surface area contributed by atoms with Gasteiger partial charge in [0.25, 0.3) is 11.1 Å². The van der Waals surface area contributed by atoms with E-state index in [1.54, 1.807) is 18.2 Å². The average Bonchev–Trinajstić information content (AvgIpc) is 3.01. The molecule has 0 aromatic heterocycles. The summed E-state index contributed by atoms with van der Waals surface area (Å²) in [6.07, 6.45) is 2.04. The first-order valence-corrected chi connectivity index (χ1v) is 11.1. The highest BCUT2D eigenvalue weighted by Crippen LogP contribution is 2.36. The van der Waals surface area contributed by atoms with Gasteiger partial charge < -0.3 is 5.11 Å². The normalized spacial score (nSPS) is 15.1. The minimum atomic E-state index is -0.503. The Labute approximate surface area is 198 Å². The molecular weight excluding hydrogens is 472 g/mol. The lowest BCUT2D eigenvalue weighted by atomic mass is 10.0. The van der Waals surface area contributed by atoms with Crippen molar-refractivity contribution in [3.05, 3.63) is 104 Å². The molecule has 1 saturated heterocycles. The number of phenolic OH excluding ortho intramolecular Hbond substituents is 1. The first kappa shape index (κ1) is 22.4. The minimum absolute atomic E-state index is 0.0127. The maximum Gasteiger partial charge on any atom is 0.293 e. The van der Waals surface area contributed by atoms with Crippen molar-refractivity contribution in [2.75, 3.05) is 0 Å². The number of aromatic hydroxyl groups is 1. The van der Waals surface area contributed by atoms with Crippen LogP contribution in [0.25, 0.3) is 6.08 Å². The molecule has 0 unspecified atom stereocenters. The molecule has 0 aliphatic carbocycles. The summed E-state index contributed by atoms with van der Waals surface area (Å²) >= 11 is 13.0. The summed E-state index contributed by atoms with van der Waals surface area (Å²) in [4.78, 5) is 26.5. The molecule has 4 nitrogen and oxygen atoms in total. The van der Waals surface area contributed by atoms with E-state index in [1.807, 2.05) is 24.3 Å². The molecule has 1 aliphatic rings. The van der Waals surface area contributed by atoms with Gasteiger partial charge in [-0.05, 0) is 71.3 Å². The number of benzene rings is 3. The molecule has 3 aromatic carbocycles. The van der Waals surface area contributed by atoms with E-state index in [1.165, 1.54) is 18.2 Å². The van der Waals surface area contributed by atoms with Crippen LogP contribution in [0.2, 0.25) is 10.0 Å². The molecule has 0 radical (unpaired) electrons. The summed E-state index contributed by atoms with van der Waals surface area (Å²) in [6.45, 7) is -0.0698. The van der Waals surface area contributed by atoms with Crippen LogP contribution in [0, 0.1) is 5.82 Å². The number of phenols is 1. The van der Waals surface area contributed by atoms with Crippen LogP contribution in [0.5, 0.6) is 5.75 Å². The van der Waals surface area contributed by atoms with Gasteiger partial charge in [-0.3, -0.25) is 14.5 Å². The zero-order valence-electron chi connectivity index (χ0n) is 16.5. The molecule has 0 atom stereocenters. The lowest BCUT2D eigenvalue weighted by Gasteiger charge is -2.13. The first-order chi connectivity index (χ1) is 15.3. The maximum absolute atomic E-state index is 13.3. The smallest absolute Gasteiger partial charge is 0.293 e. The SMILES string of the molecule is O=C1S/C(=C\c2cc(Cc3ccccc3Cl)ccc2O)C(=O)N1Cc1ccc(F)cc1Cl. The monoisotopic (exact) mass is 487 g/mol. The van der Waals surface area contributed by atoms with Crippen molar-refractivity contribution >= 4 is 52.2 Å². The van der Waals surface area contributed by atoms with Crippen molar-refractivity contribution in [2.45, 2.75) is 13.0 Å². The molecule has 3 aromatic rings. The van der Waals surface area contributed by atoms with Crippen LogP contribution in [0.15, 0.2) is 65.6 Å². The van der Waals surface area contributed by atoms with Crippen LogP contribution in [0.1, 0.15) is 22.3 Å². The van der Waals surface area contributed by atoms with E-state index < -0.39 is 17.0 Å². The quantitative estimate of drug-likeness (QED) is 0.408. The van der Waals surface area contributed by atoms with Gasteiger partial charge in [0.1, 0.15) is 11.6 Å². The van der Waals surface area contributed by atoms with Crippen LogP contribution in [0.4, 0.5) is 9.18 Å². The Hall–Kier alpha value is -2.80. The molecule has 0 saturated carbocycles. The fraction of sp³-hybridized carbons (Fsp3) is 0.0833. The highest BCUT2D eigenvalue weighted by molar-refractivity contribution is 8.18. The molecule has 4 rings (SSSR count). The summed E-state index contributed by atoms with van der Waals surface area (Å²) in [5.74, 6) is -1.02. The van der Waals surface area contributed by atoms with Gasteiger partial charge in [-0.15, -0.1) is 0 Å². The summed E-state index contributed by atoms with van der Waals surface area (Å²) in [5, 5.41) is 10.6. The summed E-state index contributed by atoms with van der Waals surface area (Å²) in [7, 11) is 0. The Balaban J connectivity index is 1.58. The highest BCUT2D eigenvalue weighted by Gasteiger charge is 2.35. The fourth-order valence-corrected chi connectivity index (χ4v) is 4.55. The van der Waals surface area contributed by atoms with Crippen molar-refractivity contribution in [1.29, 1.82) is 0 Å². The second-order valence-electron chi connectivity index (χ2n) is 7.16. The Morgan fingerprint density at radius 1 is 0.969 bits per heavy atom. The molecule has 2 amide bonds. The molecular formula is C24H16Cl2FNO3S. The minimum Gasteiger partial charge on any atom is -0.507 e. The number of rotatable bonds is 5. The average molecular weight is 488 g/mol. The van der Waals surface area contributed by atoms with Gasteiger partial charge in [0.2, 0.25) is 0 Å². The van der Waals surface area contributed by atoms with Gasteiger partial charge in [0.15, 0.2) is 0 Å². The van der Waals surface area contributed by atoms with Crippen LogP contribution >= 0.6 is 35.0 Å². The van der Waals surface area contributed by atoms with Gasteiger partial charge in [-0.25, -0.2) is 4.39 Å². The molecule has 1 aliphatic heterocycles. The van der Waals surface area contributed by atoms with E-state index in [2.05, 4.69) is 0 Å². The third kappa shape index (κ3) is 4.83. The molecule has 32 heavy (non-hydrogen) atoms. The number of amides is 2. The van der Waals surface area contributed by atoms with Crippen LogP contribution in [0.3, 0.4) is 0 Å². The third-order valence-electron chi connectivity index (χ3n) is 4.95. The summed E-state index contributed by atoms with van der Waals surface area (Å²) in [5.41, 5.74) is 2.70. The van der Waals surface area contributed by atoms with E-state index in [-0.39, 0.29) is 22.2 Å². The van der Waals surface area contributed by atoms with E-state index in [0.717, 1.165) is 33.9 Å². The van der Waals surface area contributed by atoms with Crippen molar-refractivity contribution < 1.29 is 19.1 Å². The third-order valence-corrected chi connectivity index (χ3v) is 6.58. The van der Waals surface area contributed by atoms with Gasteiger partial charge in [-0.1, -0.05) is 53.5 Å². The van der Waals surface area contributed by atoms with Crippen LogP contribution in [-0.4, -0.2) is 21.2 Å². The second kappa shape index (κ2) is 9.36. The predicted molar refractivity (Wildman–Crippen MR) is 125 cm³/mol. The second-order valence-corrected chi connectivity index (χ2v) is 8.97. The van der Waals surface area contributed by atoms with E-state index in [4.69, 9.17) is 23.2 Å². The van der Waals surface area contributed by atoms with Crippen molar-refractivity contribution in [1.82, 2.24) is 4.90 Å². The van der Waals surface area contributed by atoms with E-state index in [9.17, 15) is 19.1 Å². The molecule has 1 fully saturated rings. The number of carbonyl (C=O) groups excluding carboxylic acids is 2.